The molecule has 0 fully saturated rings. The van der Waals surface area contributed by atoms with Gasteiger partial charge in [0.25, 0.3) is 0 Å². The Hall–Kier alpha value is -0.770. The van der Waals surface area contributed by atoms with Gasteiger partial charge in [-0.15, -0.1) is 11.8 Å². The van der Waals surface area contributed by atoms with Gasteiger partial charge < -0.3 is 0 Å². The highest BCUT2D eigenvalue weighted by atomic mass is 32.2. The smallest absolute Gasteiger partial charge is 0.130 e. The molecule has 0 N–H and O–H groups in total. The SMILES string of the molecule is CC(=O)CC(C)Sc1cnn(C)c1. The van der Waals surface area contributed by atoms with Crippen molar-refractivity contribution in [3.8, 4) is 0 Å². The number of carbonyl (C=O) groups is 1. The van der Waals surface area contributed by atoms with E-state index < -0.39 is 0 Å². The summed E-state index contributed by atoms with van der Waals surface area (Å²) in [7, 11) is 1.89. The molecule has 3 nitrogen and oxygen atoms in total. The highest BCUT2D eigenvalue weighted by Gasteiger charge is 2.07. The van der Waals surface area contributed by atoms with E-state index in [4.69, 9.17) is 0 Å². The Morgan fingerprint density at radius 2 is 2.46 bits per heavy atom. The Labute approximate surface area is 82.5 Å². The fourth-order valence-electron chi connectivity index (χ4n) is 1.14. The first kappa shape index (κ1) is 10.3. The zero-order chi connectivity index (χ0) is 9.84. The first-order valence-electron chi connectivity index (χ1n) is 4.22. The summed E-state index contributed by atoms with van der Waals surface area (Å²) in [6, 6.07) is 0. The Morgan fingerprint density at radius 1 is 1.77 bits per heavy atom. The number of hydrogen-bond acceptors (Lipinski definition) is 3. The summed E-state index contributed by atoms with van der Waals surface area (Å²) in [6.45, 7) is 3.68. The first-order chi connectivity index (χ1) is 6.08. The topological polar surface area (TPSA) is 34.9 Å². The quantitative estimate of drug-likeness (QED) is 0.693. The Balaban J connectivity index is 2.44. The van der Waals surface area contributed by atoms with Gasteiger partial charge in [-0.05, 0) is 6.92 Å². The van der Waals surface area contributed by atoms with Gasteiger partial charge in [0.05, 0.1) is 6.20 Å². The third kappa shape index (κ3) is 3.63. The number of aromatic nitrogens is 2. The third-order valence-corrected chi connectivity index (χ3v) is 2.65. The standard InChI is InChI=1S/C9H14N2OS/c1-7(12)4-8(2)13-9-5-10-11(3)6-9/h5-6,8H,4H2,1-3H3. The molecular weight excluding hydrogens is 184 g/mol. The average molecular weight is 198 g/mol. The van der Waals surface area contributed by atoms with Crippen LogP contribution in [0.2, 0.25) is 0 Å². The molecule has 0 saturated heterocycles. The van der Waals surface area contributed by atoms with Crippen molar-refractivity contribution in [1.29, 1.82) is 0 Å². The van der Waals surface area contributed by atoms with Crippen molar-refractivity contribution in [1.82, 2.24) is 9.78 Å². The summed E-state index contributed by atoms with van der Waals surface area (Å²) in [5.74, 6) is 0.240. The van der Waals surface area contributed by atoms with Crippen LogP contribution in [0.3, 0.4) is 0 Å². The predicted octanol–water partition coefficient (Wildman–Crippen LogP) is 1.88. The number of nitrogens with zero attached hydrogens (tertiary/aromatic N) is 2. The second-order valence-electron chi connectivity index (χ2n) is 3.18. The van der Waals surface area contributed by atoms with Gasteiger partial charge in [0.15, 0.2) is 0 Å². The lowest BCUT2D eigenvalue weighted by molar-refractivity contribution is -0.116. The van der Waals surface area contributed by atoms with E-state index in [0.717, 1.165) is 4.90 Å². The lowest BCUT2D eigenvalue weighted by Crippen LogP contribution is -2.02. The summed E-state index contributed by atoms with van der Waals surface area (Å²) in [6.07, 6.45) is 4.40. The molecule has 0 aliphatic heterocycles. The van der Waals surface area contributed by atoms with E-state index in [2.05, 4.69) is 12.0 Å². The first-order valence-corrected chi connectivity index (χ1v) is 5.10. The molecule has 0 saturated carbocycles. The lowest BCUT2D eigenvalue weighted by atomic mass is 10.2. The van der Waals surface area contributed by atoms with Crippen LogP contribution < -0.4 is 0 Å². The summed E-state index contributed by atoms with van der Waals surface area (Å²) in [5, 5.41) is 4.39. The van der Waals surface area contributed by atoms with Crippen molar-refractivity contribution >= 4 is 17.5 Å². The maximum absolute atomic E-state index is 10.8. The van der Waals surface area contributed by atoms with E-state index in [1.807, 2.05) is 19.4 Å². The molecule has 4 heteroatoms. The minimum absolute atomic E-state index is 0.240. The fraction of sp³-hybridized carbons (Fsp3) is 0.556. The maximum Gasteiger partial charge on any atom is 0.130 e. The van der Waals surface area contributed by atoms with Gasteiger partial charge in [-0.25, -0.2) is 0 Å². The molecule has 1 heterocycles. The van der Waals surface area contributed by atoms with Crippen LogP contribution in [0.25, 0.3) is 0 Å². The number of hydrogen-bond donors (Lipinski definition) is 0. The van der Waals surface area contributed by atoms with Crippen molar-refractivity contribution in [3.63, 3.8) is 0 Å². The average Bonchev–Trinajstić information content (AvgIpc) is 2.33. The normalized spacial score (nSPS) is 12.8. The molecule has 0 amide bonds. The van der Waals surface area contributed by atoms with Crippen molar-refractivity contribution < 1.29 is 4.79 Å². The Kier molecular flexibility index (Phi) is 3.54. The van der Waals surface area contributed by atoms with Gasteiger partial charge in [-0.1, -0.05) is 6.92 Å². The zero-order valence-electron chi connectivity index (χ0n) is 8.15. The van der Waals surface area contributed by atoms with E-state index in [-0.39, 0.29) is 5.78 Å². The van der Waals surface area contributed by atoms with E-state index in [1.165, 1.54) is 0 Å². The molecule has 1 aromatic rings. The summed E-state index contributed by atoms with van der Waals surface area (Å²) < 4.78 is 1.77. The molecule has 1 rings (SSSR count). The number of aryl methyl sites for hydroxylation is 1. The number of rotatable bonds is 4. The molecular formula is C9H14N2OS. The predicted molar refractivity (Wildman–Crippen MR) is 53.8 cm³/mol. The van der Waals surface area contributed by atoms with Crippen LogP contribution in [-0.4, -0.2) is 20.8 Å². The molecule has 0 aliphatic rings. The Morgan fingerprint density at radius 3 is 2.92 bits per heavy atom. The van der Waals surface area contributed by atoms with Gasteiger partial charge >= 0.3 is 0 Å². The summed E-state index contributed by atoms with van der Waals surface area (Å²) >= 11 is 1.69. The largest absolute Gasteiger partial charge is 0.300 e. The monoisotopic (exact) mass is 198 g/mol. The van der Waals surface area contributed by atoms with Crippen molar-refractivity contribution in [2.24, 2.45) is 7.05 Å². The van der Waals surface area contributed by atoms with Gasteiger partial charge in [0.2, 0.25) is 0 Å². The van der Waals surface area contributed by atoms with E-state index >= 15 is 0 Å². The molecule has 13 heavy (non-hydrogen) atoms. The Bertz CT molecular complexity index is 296. The minimum Gasteiger partial charge on any atom is -0.300 e. The van der Waals surface area contributed by atoms with Gasteiger partial charge in [-0.2, -0.15) is 5.10 Å². The number of thioether (sulfide) groups is 1. The summed E-state index contributed by atoms with van der Waals surface area (Å²) in [5.41, 5.74) is 0. The summed E-state index contributed by atoms with van der Waals surface area (Å²) in [4.78, 5) is 11.9. The van der Waals surface area contributed by atoms with Gasteiger partial charge in [0, 0.05) is 29.8 Å². The molecule has 0 radical (unpaired) electrons. The van der Waals surface area contributed by atoms with Crippen LogP contribution in [0, 0.1) is 0 Å². The molecule has 1 aromatic heterocycles. The molecule has 1 unspecified atom stereocenters. The van der Waals surface area contributed by atoms with Crippen molar-refractivity contribution in [2.45, 2.75) is 30.4 Å². The highest BCUT2D eigenvalue weighted by molar-refractivity contribution is 8.00. The van der Waals surface area contributed by atoms with Crippen molar-refractivity contribution in [2.75, 3.05) is 0 Å². The van der Waals surface area contributed by atoms with Gasteiger partial charge in [-0.3, -0.25) is 9.48 Å². The second-order valence-corrected chi connectivity index (χ2v) is 4.70. The second kappa shape index (κ2) is 4.46. The number of carbonyl (C=O) groups excluding carboxylic acids is 1. The lowest BCUT2D eigenvalue weighted by Gasteiger charge is -2.05. The van der Waals surface area contributed by atoms with Crippen LogP contribution in [-0.2, 0) is 11.8 Å². The molecule has 0 spiro atoms. The minimum atomic E-state index is 0.240. The van der Waals surface area contributed by atoms with Crippen LogP contribution in [0.1, 0.15) is 20.3 Å². The fourth-order valence-corrected chi connectivity index (χ4v) is 2.24. The van der Waals surface area contributed by atoms with Crippen LogP contribution in [0.4, 0.5) is 0 Å². The molecule has 0 aliphatic carbocycles. The highest BCUT2D eigenvalue weighted by Crippen LogP contribution is 2.24. The molecule has 1 atom stereocenters. The molecule has 0 aromatic carbocycles. The van der Waals surface area contributed by atoms with Crippen LogP contribution >= 0.6 is 11.8 Å². The number of Topliss-reactive ketones (excluding diaryl/α,β-unsaturated/α-hetero) is 1. The van der Waals surface area contributed by atoms with Crippen LogP contribution in [0.15, 0.2) is 17.3 Å². The zero-order valence-corrected chi connectivity index (χ0v) is 8.97. The van der Waals surface area contributed by atoms with Gasteiger partial charge in [0.1, 0.15) is 5.78 Å². The third-order valence-electron chi connectivity index (χ3n) is 1.59. The molecule has 0 bridgehead atoms. The maximum atomic E-state index is 10.8. The molecule has 72 valence electrons. The van der Waals surface area contributed by atoms with Crippen molar-refractivity contribution in [3.05, 3.63) is 12.4 Å². The van der Waals surface area contributed by atoms with Crippen LogP contribution in [0.5, 0.6) is 0 Å². The van der Waals surface area contributed by atoms with E-state index in [9.17, 15) is 4.79 Å². The van der Waals surface area contributed by atoms with E-state index in [0.29, 0.717) is 11.7 Å². The van der Waals surface area contributed by atoms with E-state index in [1.54, 1.807) is 23.4 Å². The number of ketones is 1.